The van der Waals surface area contributed by atoms with E-state index < -0.39 is 0 Å². The van der Waals surface area contributed by atoms with Crippen molar-refractivity contribution in [2.75, 3.05) is 57.9 Å². The van der Waals surface area contributed by atoms with E-state index in [0.717, 1.165) is 5.82 Å². The summed E-state index contributed by atoms with van der Waals surface area (Å²) in [6, 6.07) is 3.58. The Labute approximate surface area is 141 Å². The number of ether oxygens (including phenoxy) is 2. The summed E-state index contributed by atoms with van der Waals surface area (Å²) in [5.41, 5.74) is 0.514. The molecule has 24 heavy (non-hydrogen) atoms. The van der Waals surface area contributed by atoms with E-state index in [-0.39, 0.29) is 12.0 Å². The number of hydrogen-bond acceptors (Lipinski definition) is 6. The highest BCUT2D eigenvalue weighted by Crippen LogP contribution is 2.14. The summed E-state index contributed by atoms with van der Waals surface area (Å²) in [6.45, 7) is 5.68. The van der Waals surface area contributed by atoms with Gasteiger partial charge in [-0.1, -0.05) is 0 Å². The lowest BCUT2D eigenvalue weighted by atomic mass is 10.2. The number of amides is 2. The molecular weight excluding hydrogens is 312 g/mol. The zero-order chi connectivity index (χ0) is 17.4. The average molecular weight is 336 g/mol. The summed E-state index contributed by atoms with van der Waals surface area (Å²) in [4.78, 5) is 31.7. The lowest BCUT2D eigenvalue weighted by Crippen LogP contribution is -2.49. The monoisotopic (exact) mass is 336 g/mol. The fourth-order valence-electron chi connectivity index (χ4n) is 2.41. The molecule has 0 aliphatic carbocycles. The third-order valence-electron chi connectivity index (χ3n) is 3.73. The normalized spacial score (nSPS) is 14.4. The van der Waals surface area contributed by atoms with Crippen molar-refractivity contribution >= 4 is 17.8 Å². The average Bonchev–Trinajstić information content (AvgIpc) is 2.62. The third kappa shape index (κ3) is 4.82. The second kappa shape index (κ2) is 9.07. The van der Waals surface area contributed by atoms with Gasteiger partial charge in [0.05, 0.1) is 18.8 Å². The van der Waals surface area contributed by atoms with Crippen LogP contribution in [0.2, 0.25) is 0 Å². The van der Waals surface area contributed by atoms with Gasteiger partial charge in [-0.2, -0.15) is 0 Å². The van der Waals surface area contributed by atoms with Gasteiger partial charge < -0.3 is 24.6 Å². The molecule has 8 nitrogen and oxygen atoms in total. The molecule has 0 radical (unpaired) electrons. The Kier molecular flexibility index (Phi) is 6.80. The second-order valence-corrected chi connectivity index (χ2v) is 5.33. The summed E-state index contributed by atoms with van der Waals surface area (Å²) in [6.07, 6.45) is 1.29. The number of rotatable bonds is 6. The zero-order valence-corrected chi connectivity index (χ0v) is 14.2. The first-order valence-electron chi connectivity index (χ1n) is 8.05. The standard InChI is InChI=1S/C16H24N4O4/c1-3-24-16(22)20-9-7-19(8-10-20)14-5-4-13(12-18-14)15(21)17-6-11-23-2/h4-5,12H,3,6-11H2,1-2H3,(H,17,21). The molecule has 1 aromatic rings. The molecule has 2 rings (SSSR count). The third-order valence-corrected chi connectivity index (χ3v) is 3.73. The molecule has 0 bridgehead atoms. The molecule has 1 fully saturated rings. The fourth-order valence-corrected chi connectivity index (χ4v) is 2.41. The highest BCUT2D eigenvalue weighted by atomic mass is 16.6. The molecule has 0 spiro atoms. The van der Waals surface area contributed by atoms with Crippen LogP contribution in [0.1, 0.15) is 17.3 Å². The Balaban J connectivity index is 1.86. The van der Waals surface area contributed by atoms with Crippen LogP contribution in [0.5, 0.6) is 0 Å². The van der Waals surface area contributed by atoms with E-state index in [9.17, 15) is 9.59 Å². The fraction of sp³-hybridized carbons (Fsp3) is 0.562. The largest absolute Gasteiger partial charge is 0.450 e. The number of carbonyl (C=O) groups excluding carboxylic acids is 2. The molecular formula is C16H24N4O4. The number of hydrogen-bond donors (Lipinski definition) is 1. The summed E-state index contributed by atoms with van der Waals surface area (Å²) in [7, 11) is 1.59. The van der Waals surface area contributed by atoms with Crippen molar-refractivity contribution in [2.45, 2.75) is 6.92 Å². The zero-order valence-electron chi connectivity index (χ0n) is 14.2. The quantitative estimate of drug-likeness (QED) is 0.771. The minimum Gasteiger partial charge on any atom is -0.450 e. The van der Waals surface area contributed by atoms with E-state index in [2.05, 4.69) is 15.2 Å². The van der Waals surface area contributed by atoms with Crippen LogP contribution in [0, 0.1) is 0 Å². The van der Waals surface area contributed by atoms with Gasteiger partial charge in [-0.15, -0.1) is 0 Å². The van der Waals surface area contributed by atoms with Crippen molar-refractivity contribution in [3.63, 3.8) is 0 Å². The highest BCUT2D eigenvalue weighted by molar-refractivity contribution is 5.94. The maximum atomic E-state index is 11.9. The second-order valence-electron chi connectivity index (χ2n) is 5.33. The molecule has 1 saturated heterocycles. The first-order chi connectivity index (χ1) is 11.7. The topological polar surface area (TPSA) is 84.0 Å². The van der Waals surface area contributed by atoms with E-state index in [0.29, 0.717) is 51.5 Å². The molecule has 1 aliphatic heterocycles. The Morgan fingerprint density at radius 1 is 1.25 bits per heavy atom. The molecule has 0 saturated carbocycles. The molecule has 0 atom stereocenters. The summed E-state index contributed by atoms with van der Waals surface area (Å²) < 4.78 is 9.90. The van der Waals surface area contributed by atoms with E-state index in [1.54, 1.807) is 31.2 Å². The molecule has 1 N–H and O–H groups in total. The van der Waals surface area contributed by atoms with Crippen molar-refractivity contribution < 1.29 is 19.1 Å². The molecule has 1 aliphatic rings. The SMILES string of the molecule is CCOC(=O)N1CCN(c2ccc(C(=O)NCCOC)cn2)CC1. The van der Waals surface area contributed by atoms with Crippen molar-refractivity contribution in [3.8, 4) is 0 Å². The van der Waals surface area contributed by atoms with Gasteiger partial charge in [0, 0.05) is 46.0 Å². The summed E-state index contributed by atoms with van der Waals surface area (Å²) in [5, 5.41) is 2.75. The molecule has 2 amide bonds. The van der Waals surface area contributed by atoms with Gasteiger partial charge >= 0.3 is 6.09 Å². The Morgan fingerprint density at radius 3 is 2.58 bits per heavy atom. The van der Waals surface area contributed by atoms with Gasteiger partial charge in [-0.25, -0.2) is 9.78 Å². The summed E-state index contributed by atoms with van der Waals surface area (Å²) in [5.74, 6) is 0.630. The molecule has 2 heterocycles. The van der Waals surface area contributed by atoms with E-state index in [1.165, 1.54) is 0 Å². The van der Waals surface area contributed by atoms with Crippen molar-refractivity contribution in [3.05, 3.63) is 23.9 Å². The molecule has 0 aromatic carbocycles. The summed E-state index contributed by atoms with van der Waals surface area (Å²) >= 11 is 0. The number of aromatic nitrogens is 1. The molecule has 8 heteroatoms. The number of carbonyl (C=O) groups is 2. The van der Waals surface area contributed by atoms with E-state index in [1.807, 2.05) is 6.07 Å². The first kappa shape index (κ1) is 18.0. The molecule has 132 valence electrons. The van der Waals surface area contributed by atoms with Crippen LogP contribution < -0.4 is 10.2 Å². The van der Waals surface area contributed by atoms with Crippen LogP contribution in [0.15, 0.2) is 18.3 Å². The van der Waals surface area contributed by atoms with E-state index in [4.69, 9.17) is 9.47 Å². The Bertz CT molecular complexity index is 542. The van der Waals surface area contributed by atoms with Crippen molar-refractivity contribution in [1.82, 2.24) is 15.2 Å². The predicted octanol–water partition coefficient (Wildman–Crippen LogP) is 0.736. The Hall–Kier alpha value is -2.35. The lowest BCUT2D eigenvalue weighted by molar-refractivity contribution is 0.0936. The number of anilines is 1. The number of nitrogens with one attached hydrogen (secondary N) is 1. The number of methoxy groups -OCH3 is 1. The maximum absolute atomic E-state index is 11.9. The van der Waals surface area contributed by atoms with Gasteiger partial charge in [0.1, 0.15) is 5.82 Å². The van der Waals surface area contributed by atoms with Crippen molar-refractivity contribution in [2.24, 2.45) is 0 Å². The van der Waals surface area contributed by atoms with Gasteiger partial charge in [0.15, 0.2) is 0 Å². The van der Waals surface area contributed by atoms with Gasteiger partial charge in [-0.3, -0.25) is 4.79 Å². The van der Waals surface area contributed by atoms with Gasteiger partial charge in [0.2, 0.25) is 0 Å². The Morgan fingerprint density at radius 2 is 2.00 bits per heavy atom. The molecule has 0 unspecified atom stereocenters. The van der Waals surface area contributed by atoms with Crippen LogP contribution in [0.3, 0.4) is 0 Å². The van der Waals surface area contributed by atoms with Crippen LogP contribution in [-0.4, -0.2) is 74.9 Å². The van der Waals surface area contributed by atoms with Crippen LogP contribution in [-0.2, 0) is 9.47 Å². The van der Waals surface area contributed by atoms with E-state index >= 15 is 0 Å². The minimum atomic E-state index is -0.270. The van der Waals surface area contributed by atoms with Crippen LogP contribution >= 0.6 is 0 Å². The minimum absolute atomic E-state index is 0.168. The number of pyridine rings is 1. The van der Waals surface area contributed by atoms with Gasteiger partial charge in [0.25, 0.3) is 5.91 Å². The predicted molar refractivity (Wildman–Crippen MR) is 89.3 cm³/mol. The maximum Gasteiger partial charge on any atom is 0.409 e. The first-order valence-corrected chi connectivity index (χ1v) is 8.05. The number of piperazine rings is 1. The highest BCUT2D eigenvalue weighted by Gasteiger charge is 2.22. The van der Waals surface area contributed by atoms with Crippen LogP contribution in [0.4, 0.5) is 10.6 Å². The lowest BCUT2D eigenvalue weighted by Gasteiger charge is -2.34. The van der Waals surface area contributed by atoms with Crippen molar-refractivity contribution in [1.29, 1.82) is 0 Å². The van der Waals surface area contributed by atoms with Gasteiger partial charge in [-0.05, 0) is 19.1 Å². The molecule has 1 aromatic heterocycles. The van der Waals surface area contributed by atoms with Crippen LogP contribution in [0.25, 0.3) is 0 Å². The smallest absolute Gasteiger partial charge is 0.409 e. The number of nitrogens with zero attached hydrogens (tertiary/aromatic N) is 3.